The first kappa shape index (κ1) is 20.9. The van der Waals surface area contributed by atoms with Gasteiger partial charge in [-0.2, -0.15) is 5.26 Å². The van der Waals surface area contributed by atoms with Gasteiger partial charge in [0.2, 0.25) is 0 Å². The molecule has 1 atom stereocenters. The summed E-state index contributed by atoms with van der Waals surface area (Å²) in [5.74, 6) is 1.57. The Hall–Kier alpha value is -2.41. The SMILES string of the molecule is CCCCCCCCc1cnc(-c2ccc(OCCC(C)C#N)cc2)nc1. The number of rotatable bonds is 12. The van der Waals surface area contributed by atoms with Gasteiger partial charge < -0.3 is 4.74 Å². The Morgan fingerprint density at radius 3 is 2.33 bits per heavy atom. The Morgan fingerprint density at radius 1 is 1.00 bits per heavy atom. The molecule has 0 amide bonds. The largest absolute Gasteiger partial charge is 0.494 e. The van der Waals surface area contributed by atoms with Crippen LogP contribution in [-0.2, 0) is 6.42 Å². The van der Waals surface area contributed by atoms with E-state index in [1.807, 2.05) is 43.6 Å². The van der Waals surface area contributed by atoms with E-state index in [1.54, 1.807) is 0 Å². The van der Waals surface area contributed by atoms with Crippen molar-refractivity contribution in [1.29, 1.82) is 5.26 Å². The van der Waals surface area contributed by atoms with Gasteiger partial charge >= 0.3 is 0 Å². The third-order valence-electron chi connectivity index (χ3n) is 4.68. The second-order valence-corrected chi connectivity index (χ2v) is 7.12. The molecule has 1 aromatic carbocycles. The van der Waals surface area contributed by atoms with E-state index in [9.17, 15) is 0 Å². The first-order chi connectivity index (χ1) is 13.2. The topological polar surface area (TPSA) is 58.8 Å². The van der Waals surface area contributed by atoms with Crippen molar-refractivity contribution in [2.75, 3.05) is 6.61 Å². The molecule has 1 unspecified atom stereocenters. The van der Waals surface area contributed by atoms with Gasteiger partial charge in [-0.25, -0.2) is 9.97 Å². The number of hydrogen-bond acceptors (Lipinski definition) is 4. The van der Waals surface area contributed by atoms with Gasteiger partial charge in [-0.1, -0.05) is 39.0 Å². The zero-order valence-electron chi connectivity index (χ0n) is 16.7. The Balaban J connectivity index is 1.78. The van der Waals surface area contributed by atoms with Crippen molar-refractivity contribution < 1.29 is 4.74 Å². The molecule has 0 spiro atoms. The smallest absolute Gasteiger partial charge is 0.159 e. The summed E-state index contributed by atoms with van der Waals surface area (Å²) in [6.45, 7) is 4.70. The molecule has 1 aromatic heterocycles. The third kappa shape index (κ3) is 7.78. The summed E-state index contributed by atoms with van der Waals surface area (Å²) in [6.07, 6.45) is 13.5. The fourth-order valence-corrected chi connectivity index (χ4v) is 2.86. The Morgan fingerprint density at radius 2 is 1.67 bits per heavy atom. The maximum Gasteiger partial charge on any atom is 0.159 e. The Kier molecular flexibility index (Phi) is 9.34. The number of aryl methyl sites for hydroxylation is 1. The van der Waals surface area contributed by atoms with Gasteiger partial charge in [0, 0.05) is 23.9 Å². The molecule has 0 aliphatic carbocycles. The highest BCUT2D eigenvalue weighted by molar-refractivity contribution is 5.55. The zero-order chi connectivity index (χ0) is 19.3. The lowest BCUT2D eigenvalue weighted by Gasteiger charge is -2.08. The van der Waals surface area contributed by atoms with Gasteiger partial charge in [-0.15, -0.1) is 0 Å². The molecule has 2 rings (SSSR count). The minimum absolute atomic E-state index is 0.0209. The van der Waals surface area contributed by atoms with Gasteiger partial charge in [-0.3, -0.25) is 0 Å². The van der Waals surface area contributed by atoms with Crippen LogP contribution in [0, 0.1) is 17.2 Å². The van der Waals surface area contributed by atoms with Crippen molar-refractivity contribution in [3.05, 3.63) is 42.2 Å². The van der Waals surface area contributed by atoms with Crippen LogP contribution in [0.25, 0.3) is 11.4 Å². The lowest BCUT2D eigenvalue weighted by molar-refractivity contribution is 0.297. The van der Waals surface area contributed by atoms with E-state index in [2.05, 4.69) is 23.0 Å². The van der Waals surface area contributed by atoms with E-state index < -0.39 is 0 Å². The van der Waals surface area contributed by atoms with E-state index in [4.69, 9.17) is 10.00 Å². The highest BCUT2D eigenvalue weighted by Crippen LogP contribution is 2.20. The highest BCUT2D eigenvalue weighted by atomic mass is 16.5. The predicted molar refractivity (Wildman–Crippen MR) is 109 cm³/mol. The molecule has 4 nitrogen and oxygen atoms in total. The number of hydrogen-bond donors (Lipinski definition) is 0. The number of nitrogens with zero attached hydrogens (tertiary/aromatic N) is 3. The summed E-state index contributed by atoms with van der Waals surface area (Å²) in [4.78, 5) is 9.03. The number of aromatic nitrogens is 2. The second kappa shape index (κ2) is 12.1. The molecule has 27 heavy (non-hydrogen) atoms. The van der Waals surface area contributed by atoms with Crippen LogP contribution in [0.1, 0.15) is 64.4 Å². The average Bonchev–Trinajstić information content (AvgIpc) is 2.71. The van der Waals surface area contributed by atoms with Crippen LogP contribution in [0.2, 0.25) is 0 Å². The first-order valence-electron chi connectivity index (χ1n) is 10.2. The van der Waals surface area contributed by atoms with Crippen molar-refractivity contribution in [2.45, 2.75) is 65.2 Å². The summed E-state index contributed by atoms with van der Waals surface area (Å²) in [5, 5.41) is 8.79. The fourth-order valence-electron chi connectivity index (χ4n) is 2.86. The Labute approximate surface area is 163 Å². The van der Waals surface area contributed by atoms with Gasteiger partial charge in [0.1, 0.15) is 5.75 Å². The third-order valence-corrected chi connectivity index (χ3v) is 4.68. The van der Waals surface area contributed by atoms with Gasteiger partial charge in [-0.05, 0) is 56.0 Å². The molecule has 0 saturated carbocycles. The van der Waals surface area contributed by atoms with Crippen molar-refractivity contribution in [1.82, 2.24) is 9.97 Å². The molecule has 144 valence electrons. The van der Waals surface area contributed by atoms with Crippen LogP contribution < -0.4 is 4.74 Å². The molecule has 2 aromatic rings. The normalized spacial score (nSPS) is 11.7. The van der Waals surface area contributed by atoms with Crippen LogP contribution in [0.4, 0.5) is 0 Å². The van der Waals surface area contributed by atoms with Gasteiger partial charge in [0.25, 0.3) is 0 Å². The average molecular weight is 366 g/mol. The summed E-state index contributed by atoms with van der Waals surface area (Å²) in [7, 11) is 0. The molecule has 1 heterocycles. The number of benzene rings is 1. The molecule has 0 bridgehead atoms. The van der Waals surface area contributed by atoms with Crippen molar-refractivity contribution >= 4 is 0 Å². The fraction of sp³-hybridized carbons (Fsp3) is 0.522. The lowest BCUT2D eigenvalue weighted by atomic mass is 10.1. The molecule has 0 saturated heterocycles. The standard InChI is InChI=1S/C23H31N3O/c1-3-4-5-6-7-8-9-20-17-25-23(26-18-20)21-10-12-22(13-11-21)27-15-14-19(2)16-24/h10-13,17-19H,3-9,14-15H2,1-2H3. The summed E-state index contributed by atoms with van der Waals surface area (Å²) in [5.41, 5.74) is 2.19. The lowest BCUT2D eigenvalue weighted by Crippen LogP contribution is -2.02. The minimum Gasteiger partial charge on any atom is -0.494 e. The summed E-state index contributed by atoms with van der Waals surface area (Å²) < 4.78 is 5.68. The van der Waals surface area contributed by atoms with E-state index >= 15 is 0 Å². The van der Waals surface area contributed by atoms with Gasteiger partial charge in [0.15, 0.2) is 5.82 Å². The van der Waals surface area contributed by atoms with E-state index in [-0.39, 0.29) is 5.92 Å². The maximum atomic E-state index is 8.79. The van der Waals surface area contributed by atoms with E-state index in [0.29, 0.717) is 6.61 Å². The first-order valence-corrected chi connectivity index (χ1v) is 10.2. The van der Waals surface area contributed by atoms with Crippen LogP contribution in [0.5, 0.6) is 5.75 Å². The summed E-state index contributed by atoms with van der Waals surface area (Å²) >= 11 is 0. The van der Waals surface area contributed by atoms with E-state index in [1.165, 1.54) is 44.1 Å². The molecule has 0 N–H and O–H groups in total. The molecule has 0 aliphatic heterocycles. The van der Waals surface area contributed by atoms with Crippen LogP contribution in [0.15, 0.2) is 36.7 Å². The monoisotopic (exact) mass is 365 g/mol. The maximum absolute atomic E-state index is 8.79. The van der Waals surface area contributed by atoms with E-state index in [0.717, 1.165) is 30.0 Å². The predicted octanol–water partition coefficient (Wildman–Crippen LogP) is 5.98. The summed E-state index contributed by atoms with van der Waals surface area (Å²) in [6, 6.07) is 10.0. The molecule has 0 fully saturated rings. The second-order valence-electron chi connectivity index (χ2n) is 7.12. The molecular formula is C23H31N3O. The van der Waals surface area contributed by atoms with Crippen LogP contribution in [-0.4, -0.2) is 16.6 Å². The molecule has 0 aliphatic rings. The highest BCUT2D eigenvalue weighted by Gasteiger charge is 2.04. The number of ether oxygens (including phenoxy) is 1. The minimum atomic E-state index is 0.0209. The van der Waals surface area contributed by atoms with Crippen molar-refractivity contribution in [2.24, 2.45) is 5.92 Å². The van der Waals surface area contributed by atoms with Crippen LogP contribution in [0.3, 0.4) is 0 Å². The molecular weight excluding hydrogens is 334 g/mol. The number of unbranched alkanes of at least 4 members (excludes halogenated alkanes) is 5. The van der Waals surface area contributed by atoms with Crippen LogP contribution >= 0.6 is 0 Å². The number of nitriles is 1. The van der Waals surface area contributed by atoms with Gasteiger partial charge in [0.05, 0.1) is 12.7 Å². The quantitative estimate of drug-likeness (QED) is 0.434. The van der Waals surface area contributed by atoms with Crippen molar-refractivity contribution in [3.63, 3.8) is 0 Å². The Bertz CT molecular complexity index is 689. The molecule has 0 radical (unpaired) electrons. The zero-order valence-corrected chi connectivity index (χ0v) is 16.7. The molecule has 4 heteroatoms. The van der Waals surface area contributed by atoms with Crippen molar-refractivity contribution in [3.8, 4) is 23.2 Å².